The predicted molar refractivity (Wildman–Crippen MR) is 48.4 cm³/mol. The van der Waals surface area contributed by atoms with Gasteiger partial charge in [-0.25, -0.2) is 4.79 Å². The second kappa shape index (κ2) is 5.18. The van der Waals surface area contributed by atoms with E-state index in [2.05, 4.69) is 27.2 Å². The minimum atomic E-state index is -0.225. The Hall–Kier alpha value is -1.52. The van der Waals surface area contributed by atoms with Crippen LogP contribution in [0, 0.1) is 0 Å². The highest BCUT2D eigenvalue weighted by molar-refractivity contribution is 5.88. The Morgan fingerprint density at radius 1 is 1.69 bits per heavy atom. The van der Waals surface area contributed by atoms with Crippen LogP contribution < -0.4 is 10.6 Å². The topological polar surface area (TPSA) is 67.2 Å². The minimum absolute atomic E-state index is 0.225. The molecule has 0 saturated heterocycles. The number of unbranched alkanes of at least 4 members (excludes halogenated alkanes) is 1. The molecule has 72 valence electrons. The number of anilines is 1. The lowest BCUT2D eigenvalue weighted by atomic mass is 10.3. The molecule has 2 amide bonds. The van der Waals surface area contributed by atoms with Gasteiger partial charge in [0.15, 0.2) is 0 Å². The van der Waals surface area contributed by atoms with E-state index in [4.69, 9.17) is 0 Å². The molecule has 0 fully saturated rings. The fourth-order valence-corrected chi connectivity index (χ4v) is 0.821. The molecular weight excluding hydrogens is 170 g/mol. The van der Waals surface area contributed by atoms with E-state index in [0.717, 1.165) is 12.8 Å². The maximum absolute atomic E-state index is 11.1. The number of rotatable bonds is 4. The number of amides is 2. The number of carbonyl (C=O) groups is 1. The van der Waals surface area contributed by atoms with Gasteiger partial charge in [0.25, 0.3) is 0 Å². The molecule has 1 rings (SSSR count). The molecular formula is C8H13N3O2. The Morgan fingerprint density at radius 3 is 3.15 bits per heavy atom. The van der Waals surface area contributed by atoms with Gasteiger partial charge in [0, 0.05) is 6.54 Å². The van der Waals surface area contributed by atoms with Crippen LogP contribution in [0.5, 0.6) is 0 Å². The second-order valence-corrected chi connectivity index (χ2v) is 2.65. The van der Waals surface area contributed by atoms with E-state index in [-0.39, 0.29) is 6.03 Å². The summed E-state index contributed by atoms with van der Waals surface area (Å²) < 4.78 is 4.55. The summed E-state index contributed by atoms with van der Waals surface area (Å²) in [5.41, 5.74) is 0.564. The summed E-state index contributed by atoms with van der Waals surface area (Å²) in [4.78, 5) is 11.1. The average molecular weight is 183 g/mol. The van der Waals surface area contributed by atoms with Crippen molar-refractivity contribution in [1.29, 1.82) is 0 Å². The zero-order chi connectivity index (χ0) is 9.52. The number of carbonyl (C=O) groups excluding carboxylic acids is 1. The summed E-state index contributed by atoms with van der Waals surface area (Å²) in [6.07, 6.45) is 4.86. The van der Waals surface area contributed by atoms with Gasteiger partial charge in [-0.05, 0) is 6.42 Å². The summed E-state index contributed by atoms with van der Waals surface area (Å²) in [6, 6.07) is -0.225. The normalized spacial score (nSPS) is 9.62. The lowest BCUT2D eigenvalue weighted by Gasteiger charge is -2.03. The number of nitrogens with one attached hydrogen (secondary N) is 2. The van der Waals surface area contributed by atoms with Crippen LogP contribution >= 0.6 is 0 Å². The lowest BCUT2D eigenvalue weighted by molar-refractivity contribution is 0.252. The molecule has 0 bridgehead atoms. The molecule has 1 aromatic heterocycles. The van der Waals surface area contributed by atoms with Gasteiger partial charge in [0.05, 0.1) is 6.20 Å². The van der Waals surface area contributed by atoms with Crippen LogP contribution in [-0.2, 0) is 0 Å². The summed E-state index contributed by atoms with van der Waals surface area (Å²) in [5.74, 6) is 0. The number of nitrogens with zero attached hydrogens (tertiary/aromatic N) is 1. The monoisotopic (exact) mass is 183 g/mol. The van der Waals surface area contributed by atoms with Gasteiger partial charge in [-0.15, -0.1) is 0 Å². The van der Waals surface area contributed by atoms with Crippen LogP contribution in [0.1, 0.15) is 19.8 Å². The zero-order valence-electron chi connectivity index (χ0n) is 7.54. The maximum atomic E-state index is 11.1. The summed E-state index contributed by atoms with van der Waals surface area (Å²) in [7, 11) is 0. The molecule has 0 aliphatic heterocycles. The highest BCUT2D eigenvalue weighted by Crippen LogP contribution is 2.02. The molecule has 5 heteroatoms. The van der Waals surface area contributed by atoms with Crippen LogP contribution in [0.15, 0.2) is 17.0 Å². The molecule has 13 heavy (non-hydrogen) atoms. The third-order valence-corrected chi connectivity index (χ3v) is 1.51. The van der Waals surface area contributed by atoms with Crippen molar-refractivity contribution in [3.8, 4) is 0 Å². The van der Waals surface area contributed by atoms with Crippen LogP contribution in [0.4, 0.5) is 10.5 Å². The van der Waals surface area contributed by atoms with Crippen LogP contribution in [0.25, 0.3) is 0 Å². The first kappa shape index (κ1) is 9.57. The molecule has 1 aromatic rings. The van der Waals surface area contributed by atoms with Crippen LogP contribution in [0.2, 0.25) is 0 Å². The molecule has 0 aliphatic rings. The highest BCUT2D eigenvalue weighted by atomic mass is 16.5. The Morgan fingerprint density at radius 2 is 2.54 bits per heavy atom. The third-order valence-electron chi connectivity index (χ3n) is 1.51. The number of urea groups is 1. The predicted octanol–water partition coefficient (Wildman–Crippen LogP) is 1.60. The van der Waals surface area contributed by atoms with E-state index in [1.807, 2.05) is 0 Å². The van der Waals surface area contributed by atoms with Gasteiger partial charge in [0.1, 0.15) is 12.0 Å². The first-order valence-electron chi connectivity index (χ1n) is 4.27. The Kier molecular flexibility index (Phi) is 3.81. The summed E-state index contributed by atoms with van der Waals surface area (Å²) >= 11 is 0. The van der Waals surface area contributed by atoms with Crippen molar-refractivity contribution in [2.75, 3.05) is 11.9 Å². The minimum Gasteiger partial charge on any atom is -0.363 e. The molecule has 0 radical (unpaired) electrons. The van der Waals surface area contributed by atoms with Gasteiger partial charge < -0.3 is 15.2 Å². The first-order chi connectivity index (χ1) is 6.33. The molecule has 0 unspecified atom stereocenters. The summed E-state index contributed by atoms with van der Waals surface area (Å²) in [5, 5.41) is 8.73. The van der Waals surface area contributed by atoms with Crippen molar-refractivity contribution in [3.63, 3.8) is 0 Å². The van der Waals surface area contributed by atoms with E-state index in [1.165, 1.54) is 12.5 Å². The molecule has 0 atom stereocenters. The SMILES string of the molecule is CCCCNC(=O)Nc1cnoc1. The number of hydrogen-bond acceptors (Lipinski definition) is 3. The Balaban J connectivity index is 2.18. The summed E-state index contributed by atoms with van der Waals surface area (Å²) in [6.45, 7) is 2.76. The van der Waals surface area contributed by atoms with Crippen molar-refractivity contribution in [2.24, 2.45) is 0 Å². The third kappa shape index (κ3) is 3.59. The van der Waals surface area contributed by atoms with Crippen molar-refractivity contribution >= 4 is 11.7 Å². The van der Waals surface area contributed by atoms with Crippen molar-refractivity contribution < 1.29 is 9.32 Å². The molecule has 0 aliphatic carbocycles. The average Bonchev–Trinajstić information content (AvgIpc) is 2.57. The maximum Gasteiger partial charge on any atom is 0.319 e. The van der Waals surface area contributed by atoms with Crippen LogP contribution in [0.3, 0.4) is 0 Å². The highest BCUT2D eigenvalue weighted by Gasteiger charge is 2.00. The lowest BCUT2D eigenvalue weighted by Crippen LogP contribution is -2.29. The largest absolute Gasteiger partial charge is 0.363 e. The molecule has 0 aromatic carbocycles. The van der Waals surface area contributed by atoms with Crippen molar-refractivity contribution in [1.82, 2.24) is 10.5 Å². The van der Waals surface area contributed by atoms with Gasteiger partial charge in [-0.2, -0.15) is 0 Å². The van der Waals surface area contributed by atoms with Crippen molar-refractivity contribution in [2.45, 2.75) is 19.8 Å². The van der Waals surface area contributed by atoms with E-state index in [1.54, 1.807) is 0 Å². The van der Waals surface area contributed by atoms with E-state index in [9.17, 15) is 4.79 Å². The fourth-order valence-electron chi connectivity index (χ4n) is 0.821. The van der Waals surface area contributed by atoms with Gasteiger partial charge in [0.2, 0.25) is 0 Å². The van der Waals surface area contributed by atoms with Gasteiger partial charge in [-0.1, -0.05) is 18.5 Å². The van der Waals surface area contributed by atoms with E-state index in [0.29, 0.717) is 12.2 Å². The Bertz CT molecular complexity index is 246. The van der Waals surface area contributed by atoms with Crippen molar-refractivity contribution in [3.05, 3.63) is 12.5 Å². The second-order valence-electron chi connectivity index (χ2n) is 2.65. The van der Waals surface area contributed by atoms with E-state index < -0.39 is 0 Å². The fraction of sp³-hybridized carbons (Fsp3) is 0.500. The zero-order valence-corrected chi connectivity index (χ0v) is 7.54. The molecule has 5 nitrogen and oxygen atoms in total. The van der Waals surface area contributed by atoms with Gasteiger partial charge >= 0.3 is 6.03 Å². The molecule has 0 saturated carbocycles. The first-order valence-corrected chi connectivity index (χ1v) is 4.27. The number of aromatic nitrogens is 1. The molecule has 1 heterocycles. The molecule has 0 spiro atoms. The van der Waals surface area contributed by atoms with Gasteiger partial charge in [-0.3, -0.25) is 0 Å². The Labute approximate surface area is 76.5 Å². The molecule has 2 N–H and O–H groups in total. The van der Waals surface area contributed by atoms with E-state index >= 15 is 0 Å². The quantitative estimate of drug-likeness (QED) is 0.696. The number of hydrogen-bond donors (Lipinski definition) is 2. The van der Waals surface area contributed by atoms with Crippen LogP contribution in [-0.4, -0.2) is 17.7 Å². The standard InChI is InChI=1S/C8H13N3O2/c1-2-3-4-9-8(12)11-7-5-10-13-6-7/h5-6H,2-4H2,1H3,(H2,9,11,12). The smallest absolute Gasteiger partial charge is 0.319 e.